The van der Waals surface area contributed by atoms with Crippen LogP contribution in [0.15, 0.2) is 70.4 Å². The third kappa shape index (κ3) is 5.33. The number of aromatic nitrogens is 6. The molecule has 0 unspecified atom stereocenters. The molecule has 0 saturated carbocycles. The summed E-state index contributed by atoms with van der Waals surface area (Å²) >= 11 is 0. The first-order valence-corrected chi connectivity index (χ1v) is 14.0. The minimum Gasteiger partial charge on any atom is -0.357 e. The number of hydrogen-bond acceptors (Lipinski definition) is 9. The first-order valence-electron chi connectivity index (χ1n) is 14.0. The highest BCUT2D eigenvalue weighted by Crippen LogP contribution is 2.32. The SMILES string of the molecule is CNc1ncc2cc(-c3cc(NC(=O)Nc4cnc(C(C)(C)C)nc4-c4ccc5oncc5c4)ccc3C)c(=O)n(C)c2n1. The van der Waals surface area contributed by atoms with E-state index in [0.717, 1.165) is 16.5 Å². The molecule has 6 rings (SSSR count). The Hall–Kier alpha value is -5.65. The molecule has 0 bridgehead atoms. The van der Waals surface area contributed by atoms with Crippen LogP contribution in [0.4, 0.5) is 22.1 Å². The van der Waals surface area contributed by atoms with Gasteiger partial charge in [-0.05, 0) is 54.4 Å². The van der Waals surface area contributed by atoms with Crippen LogP contribution < -0.4 is 21.5 Å². The van der Waals surface area contributed by atoms with Gasteiger partial charge in [0.2, 0.25) is 5.95 Å². The first-order chi connectivity index (χ1) is 21.0. The van der Waals surface area contributed by atoms with Gasteiger partial charge in [-0.2, -0.15) is 4.98 Å². The summed E-state index contributed by atoms with van der Waals surface area (Å²) in [6.45, 7) is 8.00. The number of benzene rings is 2. The molecule has 222 valence electrons. The van der Waals surface area contributed by atoms with Crippen LogP contribution in [-0.2, 0) is 12.5 Å². The Labute approximate surface area is 252 Å². The van der Waals surface area contributed by atoms with Gasteiger partial charge in [-0.15, -0.1) is 0 Å². The van der Waals surface area contributed by atoms with Gasteiger partial charge in [0.05, 0.1) is 23.8 Å². The van der Waals surface area contributed by atoms with Gasteiger partial charge in [-0.25, -0.2) is 19.7 Å². The highest BCUT2D eigenvalue weighted by atomic mass is 16.5. The molecule has 2 amide bonds. The van der Waals surface area contributed by atoms with Gasteiger partial charge in [-0.1, -0.05) is 32.0 Å². The van der Waals surface area contributed by atoms with E-state index < -0.39 is 6.03 Å². The first kappa shape index (κ1) is 28.5. The number of urea groups is 1. The standard InChI is InChI=1S/C32H31N9O3/c1-17-7-9-21(13-22(17)23-12-20-14-35-30(33-5)40-27(20)41(6)28(23)42)37-31(43)38-24-16-34-29(32(2,3)4)39-26(24)18-8-10-25-19(11-18)15-36-44-25/h7-16H,1-6H3,(H,33,35,40)(H2,37,38,43). The van der Waals surface area contributed by atoms with E-state index in [1.807, 2.05) is 52.0 Å². The Morgan fingerprint density at radius 1 is 0.909 bits per heavy atom. The number of fused-ring (bicyclic) bond motifs is 2. The van der Waals surface area contributed by atoms with Crippen LogP contribution in [0.1, 0.15) is 32.2 Å². The molecule has 0 aliphatic heterocycles. The molecule has 0 atom stereocenters. The quantitative estimate of drug-likeness (QED) is 0.224. The summed E-state index contributed by atoms with van der Waals surface area (Å²) in [5, 5.41) is 14.1. The van der Waals surface area contributed by atoms with Crippen LogP contribution in [0.3, 0.4) is 0 Å². The van der Waals surface area contributed by atoms with E-state index in [1.165, 1.54) is 4.57 Å². The van der Waals surface area contributed by atoms with Gasteiger partial charge in [-0.3, -0.25) is 9.36 Å². The number of aryl methyl sites for hydroxylation is 2. The van der Waals surface area contributed by atoms with Crippen molar-refractivity contribution >= 4 is 45.4 Å². The number of amides is 2. The Morgan fingerprint density at radius 3 is 2.50 bits per heavy atom. The molecular formula is C32H31N9O3. The fourth-order valence-corrected chi connectivity index (χ4v) is 4.91. The van der Waals surface area contributed by atoms with Crippen LogP contribution in [0.25, 0.3) is 44.4 Å². The van der Waals surface area contributed by atoms with E-state index in [2.05, 4.69) is 36.1 Å². The summed E-state index contributed by atoms with van der Waals surface area (Å²) in [6.07, 6.45) is 4.92. The van der Waals surface area contributed by atoms with E-state index in [1.54, 1.807) is 50.9 Å². The number of carbonyl (C=O) groups excluding carboxylic acids is 1. The molecule has 2 aromatic carbocycles. The van der Waals surface area contributed by atoms with Crippen molar-refractivity contribution in [2.45, 2.75) is 33.1 Å². The second kappa shape index (κ2) is 10.9. The van der Waals surface area contributed by atoms with E-state index in [-0.39, 0.29) is 11.0 Å². The van der Waals surface area contributed by atoms with Crippen molar-refractivity contribution in [1.82, 2.24) is 29.7 Å². The van der Waals surface area contributed by atoms with Crippen LogP contribution in [0.2, 0.25) is 0 Å². The number of nitrogens with one attached hydrogen (secondary N) is 3. The molecule has 12 heteroatoms. The Morgan fingerprint density at radius 2 is 1.73 bits per heavy atom. The lowest BCUT2D eigenvalue weighted by Crippen LogP contribution is -2.22. The summed E-state index contributed by atoms with van der Waals surface area (Å²) in [5.74, 6) is 1.06. The van der Waals surface area contributed by atoms with Gasteiger partial charge in [0, 0.05) is 53.3 Å². The average molecular weight is 590 g/mol. The normalized spacial score (nSPS) is 11.6. The number of nitrogens with zero attached hydrogens (tertiary/aromatic N) is 6. The molecule has 44 heavy (non-hydrogen) atoms. The van der Waals surface area contributed by atoms with Crippen molar-refractivity contribution in [2.75, 3.05) is 23.0 Å². The molecule has 4 heterocycles. The topological polar surface area (TPSA) is 153 Å². The maximum atomic E-state index is 13.4. The fraction of sp³-hybridized carbons (Fsp3) is 0.219. The minimum atomic E-state index is -0.487. The zero-order valence-electron chi connectivity index (χ0n) is 25.2. The number of carbonyl (C=O) groups is 1. The third-order valence-corrected chi connectivity index (χ3v) is 7.29. The number of rotatable bonds is 5. The Balaban J connectivity index is 1.32. The smallest absolute Gasteiger partial charge is 0.323 e. The van der Waals surface area contributed by atoms with Crippen molar-refractivity contribution in [3.8, 4) is 22.4 Å². The monoisotopic (exact) mass is 589 g/mol. The number of hydrogen-bond donors (Lipinski definition) is 3. The lowest BCUT2D eigenvalue weighted by molar-refractivity contribution is 0.262. The van der Waals surface area contributed by atoms with Gasteiger partial charge in [0.25, 0.3) is 5.56 Å². The lowest BCUT2D eigenvalue weighted by Gasteiger charge is -2.19. The molecule has 0 aliphatic carbocycles. The van der Waals surface area contributed by atoms with E-state index >= 15 is 0 Å². The molecule has 0 spiro atoms. The zero-order valence-corrected chi connectivity index (χ0v) is 25.2. The Bertz CT molecular complexity index is 2130. The maximum Gasteiger partial charge on any atom is 0.323 e. The highest BCUT2D eigenvalue weighted by Gasteiger charge is 2.21. The van der Waals surface area contributed by atoms with E-state index in [0.29, 0.717) is 56.6 Å². The van der Waals surface area contributed by atoms with Crippen molar-refractivity contribution in [3.05, 3.63) is 82.8 Å². The highest BCUT2D eigenvalue weighted by molar-refractivity contribution is 6.02. The summed E-state index contributed by atoms with van der Waals surface area (Å²) in [7, 11) is 3.40. The molecule has 12 nitrogen and oxygen atoms in total. The number of anilines is 3. The van der Waals surface area contributed by atoms with Crippen molar-refractivity contribution in [2.24, 2.45) is 7.05 Å². The number of pyridine rings is 1. The molecule has 0 aliphatic rings. The van der Waals surface area contributed by atoms with Gasteiger partial charge >= 0.3 is 6.03 Å². The predicted octanol–water partition coefficient (Wildman–Crippen LogP) is 5.89. The average Bonchev–Trinajstić information content (AvgIpc) is 3.47. The van der Waals surface area contributed by atoms with Crippen LogP contribution in [0.5, 0.6) is 0 Å². The van der Waals surface area contributed by atoms with Crippen molar-refractivity contribution in [1.29, 1.82) is 0 Å². The third-order valence-electron chi connectivity index (χ3n) is 7.29. The fourth-order valence-electron chi connectivity index (χ4n) is 4.91. The molecule has 4 aromatic heterocycles. The van der Waals surface area contributed by atoms with Crippen LogP contribution in [0, 0.1) is 6.92 Å². The summed E-state index contributed by atoms with van der Waals surface area (Å²) < 4.78 is 6.75. The van der Waals surface area contributed by atoms with Crippen molar-refractivity contribution in [3.63, 3.8) is 0 Å². The van der Waals surface area contributed by atoms with Gasteiger partial charge in [0.1, 0.15) is 11.5 Å². The predicted molar refractivity (Wildman–Crippen MR) is 171 cm³/mol. The second-order valence-electron chi connectivity index (χ2n) is 11.5. The van der Waals surface area contributed by atoms with E-state index in [9.17, 15) is 9.59 Å². The summed E-state index contributed by atoms with van der Waals surface area (Å²) in [6, 6.07) is 12.3. The van der Waals surface area contributed by atoms with Crippen LogP contribution >= 0.6 is 0 Å². The molecule has 3 N–H and O–H groups in total. The zero-order chi connectivity index (χ0) is 31.2. The molecule has 6 aromatic rings. The summed E-state index contributed by atoms with van der Waals surface area (Å²) in [4.78, 5) is 44.8. The molecular weight excluding hydrogens is 558 g/mol. The van der Waals surface area contributed by atoms with E-state index in [4.69, 9.17) is 9.51 Å². The lowest BCUT2D eigenvalue weighted by atomic mass is 9.95. The van der Waals surface area contributed by atoms with Gasteiger partial charge < -0.3 is 20.5 Å². The largest absolute Gasteiger partial charge is 0.357 e. The summed E-state index contributed by atoms with van der Waals surface area (Å²) in [5.41, 5.74) is 4.96. The molecule has 0 radical (unpaired) electrons. The minimum absolute atomic E-state index is 0.214. The molecule has 0 fully saturated rings. The van der Waals surface area contributed by atoms with Crippen molar-refractivity contribution < 1.29 is 9.32 Å². The maximum absolute atomic E-state index is 13.4. The second-order valence-corrected chi connectivity index (χ2v) is 11.5. The Kier molecular flexibility index (Phi) is 7.04. The van der Waals surface area contributed by atoms with Gasteiger partial charge in [0.15, 0.2) is 5.58 Å². The molecule has 0 saturated heterocycles. The van der Waals surface area contributed by atoms with Crippen LogP contribution in [-0.4, -0.2) is 42.7 Å².